The van der Waals surface area contributed by atoms with E-state index in [9.17, 15) is 9.59 Å². The number of nitrogens with zero attached hydrogens (tertiary/aromatic N) is 2. The molecule has 1 fully saturated rings. The number of carbonyl (C=O) groups is 1. The van der Waals surface area contributed by atoms with Crippen LogP contribution >= 0.6 is 11.3 Å². The molecule has 0 radical (unpaired) electrons. The Morgan fingerprint density at radius 1 is 1.56 bits per heavy atom. The standard InChI is InChI=1S/C17H21N3O4S/c1-2-20-5-3-12(7-16(20)21)17(22)19-14-4-6-23-9-15(14)24-8-13-10-25-11-18-13/h3,5,7,10-11,14-15H,2,4,6,8-9H2,1H3,(H,19,22)/t14-,15-/m1/s1. The van der Waals surface area contributed by atoms with Crippen molar-refractivity contribution in [1.82, 2.24) is 14.9 Å². The molecule has 0 saturated carbocycles. The molecule has 1 amide bonds. The topological polar surface area (TPSA) is 82.5 Å². The Bertz CT molecular complexity index is 760. The highest BCUT2D eigenvalue weighted by atomic mass is 32.1. The molecule has 8 heteroatoms. The van der Waals surface area contributed by atoms with Crippen LogP contribution in [0.1, 0.15) is 29.4 Å². The SMILES string of the molecule is CCn1ccc(C(=O)N[C@@H]2CCOC[C@H]2OCc2cscn2)cc1=O. The first kappa shape index (κ1) is 17.8. The maximum atomic E-state index is 12.5. The molecule has 1 aliphatic rings. The van der Waals surface area contributed by atoms with Gasteiger partial charge < -0.3 is 19.4 Å². The van der Waals surface area contributed by atoms with Crippen molar-refractivity contribution in [1.29, 1.82) is 0 Å². The number of thiazole rings is 1. The van der Waals surface area contributed by atoms with Crippen LogP contribution in [0.3, 0.4) is 0 Å². The number of pyridine rings is 1. The maximum Gasteiger partial charge on any atom is 0.251 e. The third-order valence-electron chi connectivity index (χ3n) is 4.15. The molecule has 2 atom stereocenters. The fraction of sp³-hybridized carbons (Fsp3) is 0.471. The van der Waals surface area contributed by atoms with Gasteiger partial charge in [0.2, 0.25) is 0 Å². The minimum Gasteiger partial charge on any atom is -0.379 e. The van der Waals surface area contributed by atoms with Crippen molar-refractivity contribution in [3.8, 4) is 0 Å². The number of hydrogen-bond acceptors (Lipinski definition) is 6. The van der Waals surface area contributed by atoms with Crippen LogP contribution in [0.2, 0.25) is 0 Å². The lowest BCUT2D eigenvalue weighted by Gasteiger charge is -2.32. The summed E-state index contributed by atoms with van der Waals surface area (Å²) in [6, 6.07) is 2.86. The first-order chi connectivity index (χ1) is 12.2. The largest absolute Gasteiger partial charge is 0.379 e. The molecule has 0 aromatic carbocycles. The molecule has 0 unspecified atom stereocenters. The number of hydrogen-bond donors (Lipinski definition) is 1. The number of aryl methyl sites for hydroxylation is 1. The van der Waals surface area contributed by atoms with Crippen LogP contribution in [0.5, 0.6) is 0 Å². The van der Waals surface area contributed by atoms with Crippen molar-refractivity contribution in [3.05, 3.63) is 50.8 Å². The molecule has 3 rings (SSSR count). The zero-order valence-corrected chi connectivity index (χ0v) is 14.8. The van der Waals surface area contributed by atoms with E-state index in [-0.39, 0.29) is 23.6 Å². The van der Waals surface area contributed by atoms with E-state index < -0.39 is 0 Å². The molecule has 2 aromatic rings. The van der Waals surface area contributed by atoms with E-state index in [1.165, 1.54) is 17.4 Å². The van der Waals surface area contributed by atoms with Crippen LogP contribution in [0.25, 0.3) is 0 Å². The first-order valence-electron chi connectivity index (χ1n) is 8.25. The van der Waals surface area contributed by atoms with E-state index in [0.29, 0.717) is 38.3 Å². The second kappa shape index (κ2) is 8.37. The van der Waals surface area contributed by atoms with Crippen molar-refractivity contribution in [2.75, 3.05) is 13.2 Å². The van der Waals surface area contributed by atoms with Crippen molar-refractivity contribution in [2.24, 2.45) is 0 Å². The van der Waals surface area contributed by atoms with Gasteiger partial charge in [0, 0.05) is 36.4 Å². The van der Waals surface area contributed by atoms with Gasteiger partial charge in [-0.15, -0.1) is 11.3 Å². The van der Waals surface area contributed by atoms with Crippen molar-refractivity contribution >= 4 is 17.2 Å². The zero-order valence-electron chi connectivity index (χ0n) is 14.0. The second-order valence-electron chi connectivity index (χ2n) is 5.81. The van der Waals surface area contributed by atoms with Gasteiger partial charge in [0.05, 0.1) is 30.5 Å². The van der Waals surface area contributed by atoms with Gasteiger partial charge in [-0.05, 0) is 19.4 Å². The molecule has 1 aliphatic heterocycles. The number of ether oxygens (including phenoxy) is 2. The summed E-state index contributed by atoms with van der Waals surface area (Å²) in [5, 5.41) is 4.90. The normalized spacial score (nSPS) is 20.4. The Hall–Kier alpha value is -2.03. The van der Waals surface area contributed by atoms with Gasteiger partial charge in [0.1, 0.15) is 6.10 Å². The van der Waals surface area contributed by atoms with Gasteiger partial charge in [-0.3, -0.25) is 9.59 Å². The molecule has 1 N–H and O–H groups in total. The third kappa shape index (κ3) is 4.53. The first-order valence-corrected chi connectivity index (χ1v) is 9.19. The lowest BCUT2D eigenvalue weighted by molar-refractivity contribution is -0.0742. The van der Waals surface area contributed by atoms with Gasteiger partial charge in [0.25, 0.3) is 11.5 Å². The fourth-order valence-electron chi connectivity index (χ4n) is 2.70. The summed E-state index contributed by atoms with van der Waals surface area (Å²) >= 11 is 1.52. The highest BCUT2D eigenvalue weighted by molar-refractivity contribution is 7.07. The minimum atomic E-state index is -0.269. The van der Waals surface area contributed by atoms with Crippen LogP contribution in [-0.4, -0.2) is 40.8 Å². The monoisotopic (exact) mass is 363 g/mol. The van der Waals surface area contributed by atoms with Gasteiger partial charge in [-0.1, -0.05) is 0 Å². The van der Waals surface area contributed by atoms with Crippen LogP contribution in [-0.2, 0) is 22.6 Å². The minimum absolute atomic E-state index is 0.159. The van der Waals surface area contributed by atoms with Crippen LogP contribution in [0.4, 0.5) is 0 Å². The molecule has 0 aliphatic carbocycles. The average Bonchev–Trinajstić information content (AvgIpc) is 3.14. The molecule has 7 nitrogen and oxygen atoms in total. The molecular formula is C17H21N3O4S. The summed E-state index contributed by atoms with van der Waals surface area (Å²) in [5.41, 5.74) is 2.80. The van der Waals surface area contributed by atoms with Crippen molar-refractivity contribution in [3.63, 3.8) is 0 Å². The Morgan fingerprint density at radius 2 is 2.44 bits per heavy atom. The fourth-order valence-corrected chi connectivity index (χ4v) is 3.25. The van der Waals surface area contributed by atoms with Gasteiger partial charge >= 0.3 is 0 Å². The number of nitrogens with one attached hydrogen (secondary N) is 1. The summed E-state index contributed by atoms with van der Waals surface area (Å²) in [4.78, 5) is 28.6. The van der Waals surface area contributed by atoms with Crippen molar-refractivity contribution in [2.45, 2.75) is 38.6 Å². The lowest BCUT2D eigenvalue weighted by Crippen LogP contribution is -2.50. The van der Waals surface area contributed by atoms with Crippen LogP contribution in [0, 0.1) is 0 Å². The molecule has 2 aromatic heterocycles. The molecule has 0 bridgehead atoms. The van der Waals surface area contributed by atoms with Crippen molar-refractivity contribution < 1.29 is 14.3 Å². The molecule has 0 spiro atoms. The number of rotatable bonds is 6. The Morgan fingerprint density at radius 3 is 3.16 bits per heavy atom. The van der Waals surface area contributed by atoms with Gasteiger partial charge in [0.15, 0.2) is 0 Å². The van der Waals surface area contributed by atoms with Crippen LogP contribution in [0.15, 0.2) is 34.0 Å². The predicted molar refractivity (Wildman–Crippen MR) is 93.8 cm³/mol. The van der Waals surface area contributed by atoms with E-state index in [1.807, 2.05) is 12.3 Å². The third-order valence-corrected chi connectivity index (χ3v) is 4.78. The highest BCUT2D eigenvalue weighted by Gasteiger charge is 2.28. The predicted octanol–water partition coefficient (Wildman–Crippen LogP) is 1.43. The summed E-state index contributed by atoms with van der Waals surface area (Å²) in [5.74, 6) is -0.269. The highest BCUT2D eigenvalue weighted by Crippen LogP contribution is 2.15. The number of aromatic nitrogens is 2. The van der Waals surface area contributed by atoms with E-state index in [4.69, 9.17) is 9.47 Å². The van der Waals surface area contributed by atoms with E-state index in [0.717, 1.165) is 5.69 Å². The molecular weight excluding hydrogens is 342 g/mol. The van der Waals surface area contributed by atoms with Crippen LogP contribution < -0.4 is 10.9 Å². The Kier molecular flexibility index (Phi) is 5.95. The van der Waals surface area contributed by atoms with E-state index in [1.54, 1.807) is 22.3 Å². The summed E-state index contributed by atoms with van der Waals surface area (Å²) < 4.78 is 12.9. The summed E-state index contributed by atoms with van der Waals surface area (Å²) in [6.07, 6.45) is 2.06. The molecule has 1 saturated heterocycles. The van der Waals surface area contributed by atoms with E-state index >= 15 is 0 Å². The maximum absolute atomic E-state index is 12.5. The van der Waals surface area contributed by atoms with Gasteiger partial charge in [-0.25, -0.2) is 4.98 Å². The summed E-state index contributed by atoms with van der Waals surface area (Å²) in [6.45, 7) is 3.84. The lowest BCUT2D eigenvalue weighted by atomic mass is 10.1. The zero-order chi connectivity index (χ0) is 17.6. The molecule has 3 heterocycles. The quantitative estimate of drug-likeness (QED) is 0.840. The average molecular weight is 363 g/mol. The smallest absolute Gasteiger partial charge is 0.251 e. The molecule has 134 valence electrons. The number of carbonyl (C=O) groups excluding carboxylic acids is 1. The molecule has 25 heavy (non-hydrogen) atoms. The Labute approximate surface area is 149 Å². The number of amides is 1. The van der Waals surface area contributed by atoms with E-state index in [2.05, 4.69) is 10.3 Å². The van der Waals surface area contributed by atoms with Gasteiger partial charge in [-0.2, -0.15) is 0 Å². The second-order valence-corrected chi connectivity index (χ2v) is 6.53. The Balaban J connectivity index is 1.63. The summed E-state index contributed by atoms with van der Waals surface area (Å²) in [7, 11) is 0.